The van der Waals surface area contributed by atoms with Gasteiger partial charge >= 0.3 is 0 Å². The number of halogens is 1. The molecule has 0 unspecified atom stereocenters. The predicted molar refractivity (Wildman–Crippen MR) is 101 cm³/mol. The maximum Gasteiger partial charge on any atom is 0.257 e. The number of aromatic nitrogens is 5. The number of hydrogen-bond acceptors (Lipinski definition) is 4. The first-order valence-electron chi connectivity index (χ1n) is 7.78. The molecule has 0 saturated carbocycles. The minimum atomic E-state index is -0.247. The van der Waals surface area contributed by atoms with Crippen molar-refractivity contribution >= 4 is 27.5 Å². The summed E-state index contributed by atoms with van der Waals surface area (Å²) in [5.74, 6) is 0.400. The maximum atomic E-state index is 12.6. The van der Waals surface area contributed by atoms with Crippen molar-refractivity contribution in [2.24, 2.45) is 0 Å². The number of carbonyl (C=O) groups is 1. The van der Waals surface area contributed by atoms with Crippen LogP contribution in [0.25, 0.3) is 11.5 Å². The van der Waals surface area contributed by atoms with Crippen LogP contribution in [0.4, 0.5) is 5.69 Å². The molecule has 3 aromatic heterocycles. The molecule has 0 radical (unpaired) electrons. The quantitative estimate of drug-likeness (QED) is 0.560. The zero-order valence-corrected chi connectivity index (χ0v) is 15.0. The van der Waals surface area contributed by atoms with Gasteiger partial charge in [0.05, 0.1) is 27.6 Å². The van der Waals surface area contributed by atoms with Gasteiger partial charge in [-0.1, -0.05) is 12.1 Å². The third kappa shape index (κ3) is 3.27. The second-order valence-electron chi connectivity index (χ2n) is 5.43. The highest BCUT2D eigenvalue weighted by atomic mass is 79.9. The van der Waals surface area contributed by atoms with Gasteiger partial charge in [0, 0.05) is 24.8 Å². The number of rotatable bonds is 4. The third-order valence-electron chi connectivity index (χ3n) is 3.70. The summed E-state index contributed by atoms with van der Waals surface area (Å²) in [6, 6.07) is 12.7. The molecule has 0 fully saturated rings. The van der Waals surface area contributed by atoms with Gasteiger partial charge in [0.25, 0.3) is 5.91 Å². The highest BCUT2D eigenvalue weighted by molar-refractivity contribution is 9.10. The second kappa shape index (κ2) is 6.93. The van der Waals surface area contributed by atoms with Gasteiger partial charge in [0.1, 0.15) is 0 Å². The standard InChI is InChI=1S/C18H13BrN6O/c19-14-11-22-25(12-14)16-5-2-1-4-15(16)23-18(26)13-6-7-17(20-10-13)24-9-3-8-21-24/h1-12H,(H,23,26). The molecule has 3 heterocycles. The Bertz CT molecular complexity index is 1040. The SMILES string of the molecule is O=C(Nc1ccccc1-n1cc(Br)cn1)c1ccc(-n2cccn2)nc1. The fourth-order valence-electron chi connectivity index (χ4n) is 2.47. The maximum absolute atomic E-state index is 12.6. The first-order valence-corrected chi connectivity index (χ1v) is 8.57. The molecule has 1 amide bonds. The molecule has 0 aliphatic heterocycles. The van der Waals surface area contributed by atoms with E-state index in [9.17, 15) is 4.79 Å². The molecule has 1 N–H and O–H groups in total. The minimum Gasteiger partial charge on any atom is -0.320 e. The van der Waals surface area contributed by atoms with E-state index in [1.807, 2.05) is 36.5 Å². The van der Waals surface area contributed by atoms with Crippen LogP contribution in [0.15, 0.2) is 77.9 Å². The molecule has 7 nitrogen and oxygen atoms in total. The van der Waals surface area contributed by atoms with Crippen LogP contribution in [0.5, 0.6) is 0 Å². The Labute approximate surface area is 157 Å². The van der Waals surface area contributed by atoms with Crippen molar-refractivity contribution < 1.29 is 4.79 Å². The zero-order valence-electron chi connectivity index (χ0n) is 13.5. The normalized spacial score (nSPS) is 10.7. The van der Waals surface area contributed by atoms with Gasteiger partial charge in [-0.25, -0.2) is 14.3 Å². The largest absolute Gasteiger partial charge is 0.320 e. The van der Waals surface area contributed by atoms with E-state index in [0.717, 1.165) is 10.2 Å². The average molecular weight is 409 g/mol. The van der Waals surface area contributed by atoms with Gasteiger partial charge in [0.15, 0.2) is 5.82 Å². The lowest BCUT2D eigenvalue weighted by Gasteiger charge is -2.11. The Morgan fingerprint density at radius 3 is 2.58 bits per heavy atom. The van der Waals surface area contributed by atoms with E-state index in [-0.39, 0.29) is 5.91 Å². The van der Waals surface area contributed by atoms with Crippen molar-refractivity contribution in [3.63, 3.8) is 0 Å². The average Bonchev–Trinajstić information content (AvgIpc) is 3.34. The first-order chi connectivity index (χ1) is 12.7. The zero-order chi connectivity index (χ0) is 17.9. The predicted octanol–water partition coefficient (Wildman–Crippen LogP) is 3.47. The van der Waals surface area contributed by atoms with Crippen molar-refractivity contribution in [1.29, 1.82) is 0 Å². The molecule has 1 aromatic carbocycles. The van der Waals surface area contributed by atoms with Crippen LogP contribution in [0.1, 0.15) is 10.4 Å². The number of carbonyl (C=O) groups excluding carboxylic acids is 1. The molecule has 0 atom stereocenters. The monoisotopic (exact) mass is 408 g/mol. The van der Waals surface area contributed by atoms with E-state index in [0.29, 0.717) is 17.1 Å². The summed E-state index contributed by atoms with van der Waals surface area (Å²) in [5.41, 5.74) is 1.88. The number of benzene rings is 1. The Morgan fingerprint density at radius 1 is 1.00 bits per heavy atom. The van der Waals surface area contributed by atoms with Crippen molar-refractivity contribution in [1.82, 2.24) is 24.5 Å². The summed E-state index contributed by atoms with van der Waals surface area (Å²) in [6.45, 7) is 0. The molecule has 0 saturated heterocycles. The van der Waals surface area contributed by atoms with E-state index in [2.05, 4.69) is 36.4 Å². The van der Waals surface area contributed by atoms with Crippen LogP contribution < -0.4 is 5.32 Å². The van der Waals surface area contributed by atoms with E-state index in [1.165, 1.54) is 6.20 Å². The number of pyridine rings is 1. The summed E-state index contributed by atoms with van der Waals surface area (Å²) in [6.07, 6.45) is 8.51. The molecule has 0 bridgehead atoms. The van der Waals surface area contributed by atoms with Crippen molar-refractivity contribution in [3.8, 4) is 11.5 Å². The Morgan fingerprint density at radius 2 is 1.88 bits per heavy atom. The molecule has 0 aliphatic rings. The Balaban J connectivity index is 1.57. The fraction of sp³-hybridized carbons (Fsp3) is 0. The second-order valence-corrected chi connectivity index (χ2v) is 6.35. The number of nitrogens with zero attached hydrogens (tertiary/aromatic N) is 5. The molecule has 0 spiro atoms. The molecule has 128 valence electrons. The lowest BCUT2D eigenvalue weighted by Crippen LogP contribution is -2.14. The highest BCUT2D eigenvalue weighted by Crippen LogP contribution is 2.21. The summed E-state index contributed by atoms with van der Waals surface area (Å²) in [7, 11) is 0. The van der Waals surface area contributed by atoms with Crippen LogP contribution >= 0.6 is 15.9 Å². The number of amides is 1. The Kier molecular flexibility index (Phi) is 4.32. The third-order valence-corrected chi connectivity index (χ3v) is 4.11. The number of anilines is 1. The van der Waals surface area contributed by atoms with E-state index < -0.39 is 0 Å². The van der Waals surface area contributed by atoms with Crippen LogP contribution in [0.2, 0.25) is 0 Å². The molecule has 4 aromatic rings. The van der Waals surface area contributed by atoms with Crippen LogP contribution in [0.3, 0.4) is 0 Å². The summed E-state index contributed by atoms with van der Waals surface area (Å²) in [4.78, 5) is 16.9. The Hall–Kier alpha value is -3.26. The number of hydrogen-bond donors (Lipinski definition) is 1. The molecule has 0 aliphatic carbocycles. The van der Waals surface area contributed by atoms with E-state index >= 15 is 0 Å². The smallest absolute Gasteiger partial charge is 0.257 e. The van der Waals surface area contributed by atoms with Crippen LogP contribution in [0, 0.1) is 0 Å². The lowest BCUT2D eigenvalue weighted by atomic mass is 10.2. The number of nitrogens with one attached hydrogen (secondary N) is 1. The van der Waals surface area contributed by atoms with Gasteiger partial charge in [-0.05, 0) is 46.3 Å². The van der Waals surface area contributed by atoms with Gasteiger partial charge in [-0.15, -0.1) is 0 Å². The van der Waals surface area contributed by atoms with Crippen molar-refractivity contribution in [2.45, 2.75) is 0 Å². The lowest BCUT2D eigenvalue weighted by molar-refractivity contribution is 0.102. The van der Waals surface area contributed by atoms with Crippen molar-refractivity contribution in [2.75, 3.05) is 5.32 Å². The fourth-order valence-corrected chi connectivity index (χ4v) is 2.75. The topological polar surface area (TPSA) is 77.6 Å². The van der Waals surface area contributed by atoms with E-state index in [1.54, 1.807) is 40.1 Å². The molecular weight excluding hydrogens is 396 g/mol. The molecule has 26 heavy (non-hydrogen) atoms. The molecule has 8 heteroatoms. The summed E-state index contributed by atoms with van der Waals surface area (Å²) < 4.78 is 4.18. The molecular formula is C18H13BrN6O. The van der Waals surface area contributed by atoms with Crippen molar-refractivity contribution in [3.05, 3.63) is 83.5 Å². The van der Waals surface area contributed by atoms with Crippen LogP contribution in [-0.2, 0) is 0 Å². The minimum absolute atomic E-state index is 0.247. The van der Waals surface area contributed by atoms with Gasteiger partial charge in [0.2, 0.25) is 0 Å². The first kappa shape index (κ1) is 16.2. The van der Waals surface area contributed by atoms with Crippen LogP contribution in [-0.4, -0.2) is 30.5 Å². The number of para-hydroxylation sites is 2. The van der Waals surface area contributed by atoms with Gasteiger partial charge in [-0.2, -0.15) is 10.2 Å². The molecule has 4 rings (SSSR count). The highest BCUT2D eigenvalue weighted by Gasteiger charge is 2.11. The summed E-state index contributed by atoms with van der Waals surface area (Å²) >= 11 is 3.38. The van der Waals surface area contributed by atoms with E-state index in [4.69, 9.17) is 0 Å². The van der Waals surface area contributed by atoms with Gasteiger partial charge in [-0.3, -0.25) is 4.79 Å². The summed E-state index contributed by atoms with van der Waals surface area (Å²) in [5, 5.41) is 11.3. The van der Waals surface area contributed by atoms with Gasteiger partial charge < -0.3 is 5.32 Å².